The van der Waals surface area contributed by atoms with Gasteiger partial charge in [0.1, 0.15) is 5.75 Å². The molecule has 0 fully saturated rings. The van der Waals surface area contributed by atoms with Crippen LogP contribution in [0.25, 0.3) is 0 Å². The van der Waals surface area contributed by atoms with Crippen LogP contribution in [0.5, 0.6) is 5.75 Å². The molecule has 0 saturated carbocycles. The van der Waals surface area contributed by atoms with Crippen LogP contribution < -0.4 is 4.74 Å². The first-order valence-electron chi connectivity index (χ1n) is 5.27. The molecule has 0 spiro atoms. The minimum Gasteiger partial charge on any atom is -0.490 e. The Morgan fingerprint density at radius 3 is 2.20 bits per heavy atom. The minimum absolute atomic E-state index is 0.205. The van der Waals surface area contributed by atoms with E-state index in [0.717, 1.165) is 5.75 Å². The van der Waals surface area contributed by atoms with Crippen molar-refractivity contribution in [2.24, 2.45) is 0 Å². The highest BCUT2D eigenvalue weighted by Crippen LogP contribution is 2.29. The standard InChI is InChI=1S/C13H19IO/c1-9(2)15-12-7-6-10(8-11(12)14)13(3,4)5/h6-9H,1-5H3. The molecule has 0 aliphatic heterocycles. The molecule has 0 radical (unpaired) electrons. The van der Waals surface area contributed by atoms with Crippen LogP contribution in [0.1, 0.15) is 40.2 Å². The quantitative estimate of drug-likeness (QED) is 0.736. The predicted octanol–water partition coefficient (Wildman–Crippen LogP) is 4.38. The number of rotatable bonds is 2. The Kier molecular flexibility index (Phi) is 4.04. The topological polar surface area (TPSA) is 9.23 Å². The maximum atomic E-state index is 5.71. The second-order valence-electron chi connectivity index (χ2n) is 5.06. The number of ether oxygens (including phenoxy) is 1. The monoisotopic (exact) mass is 318 g/mol. The summed E-state index contributed by atoms with van der Waals surface area (Å²) >= 11 is 2.33. The van der Waals surface area contributed by atoms with Gasteiger partial charge in [-0.3, -0.25) is 0 Å². The Morgan fingerprint density at radius 1 is 1.20 bits per heavy atom. The van der Waals surface area contributed by atoms with Gasteiger partial charge in [-0.15, -0.1) is 0 Å². The van der Waals surface area contributed by atoms with Crippen molar-refractivity contribution in [1.82, 2.24) is 0 Å². The van der Waals surface area contributed by atoms with Gasteiger partial charge < -0.3 is 4.74 Å². The summed E-state index contributed by atoms with van der Waals surface area (Å²) in [7, 11) is 0. The van der Waals surface area contributed by atoms with Gasteiger partial charge in [0.2, 0.25) is 0 Å². The highest BCUT2D eigenvalue weighted by atomic mass is 127. The molecule has 0 N–H and O–H groups in total. The minimum atomic E-state index is 0.205. The largest absolute Gasteiger partial charge is 0.490 e. The molecule has 0 aromatic heterocycles. The van der Waals surface area contributed by atoms with Gasteiger partial charge in [0.05, 0.1) is 9.67 Å². The second kappa shape index (κ2) is 4.73. The van der Waals surface area contributed by atoms with E-state index in [1.807, 2.05) is 13.8 Å². The SMILES string of the molecule is CC(C)Oc1ccc(C(C)(C)C)cc1I. The maximum Gasteiger partial charge on any atom is 0.133 e. The van der Waals surface area contributed by atoms with Crippen molar-refractivity contribution in [2.75, 3.05) is 0 Å². The molecule has 0 amide bonds. The number of benzene rings is 1. The molecule has 0 aliphatic carbocycles. The van der Waals surface area contributed by atoms with Crippen LogP contribution in [-0.4, -0.2) is 6.10 Å². The van der Waals surface area contributed by atoms with Crippen molar-refractivity contribution in [3.63, 3.8) is 0 Å². The van der Waals surface area contributed by atoms with Crippen LogP contribution in [0.4, 0.5) is 0 Å². The number of hydrogen-bond acceptors (Lipinski definition) is 1. The Hall–Kier alpha value is -0.250. The van der Waals surface area contributed by atoms with Crippen molar-refractivity contribution >= 4 is 22.6 Å². The van der Waals surface area contributed by atoms with Crippen molar-refractivity contribution in [1.29, 1.82) is 0 Å². The summed E-state index contributed by atoms with van der Waals surface area (Å²) in [6.07, 6.45) is 0.235. The smallest absolute Gasteiger partial charge is 0.133 e. The van der Waals surface area contributed by atoms with Crippen LogP contribution in [0.15, 0.2) is 18.2 Å². The average molecular weight is 318 g/mol. The number of halogens is 1. The van der Waals surface area contributed by atoms with E-state index in [-0.39, 0.29) is 11.5 Å². The molecule has 0 aliphatic rings. The third kappa shape index (κ3) is 3.67. The highest BCUT2D eigenvalue weighted by Gasteiger charge is 2.15. The fourth-order valence-corrected chi connectivity index (χ4v) is 1.96. The summed E-state index contributed by atoms with van der Waals surface area (Å²) in [6.45, 7) is 10.8. The van der Waals surface area contributed by atoms with Gasteiger partial charge >= 0.3 is 0 Å². The van der Waals surface area contributed by atoms with Crippen molar-refractivity contribution in [2.45, 2.75) is 46.1 Å². The van der Waals surface area contributed by atoms with Crippen LogP contribution >= 0.6 is 22.6 Å². The molecule has 1 nitrogen and oxygen atoms in total. The molecule has 84 valence electrons. The average Bonchev–Trinajstić information content (AvgIpc) is 2.05. The summed E-state index contributed by atoms with van der Waals surface area (Å²) in [5.41, 5.74) is 1.55. The number of hydrogen-bond donors (Lipinski definition) is 0. The molecule has 15 heavy (non-hydrogen) atoms. The summed E-state index contributed by atoms with van der Waals surface area (Å²) < 4.78 is 6.89. The second-order valence-corrected chi connectivity index (χ2v) is 6.22. The Bertz CT molecular complexity index is 337. The lowest BCUT2D eigenvalue weighted by Crippen LogP contribution is -2.12. The lowest BCUT2D eigenvalue weighted by atomic mass is 9.87. The summed E-state index contributed by atoms with van der Waals surface area (Å²) in [5, 5.41) is 0. The van der Waals surface area contributed by atoms with E-state index < -0.39 is 0 Å². The van der Waals surface area contributed by atoms with Gasteiger partial charge in [-0.1, -0.05) is 26.8 Å². The molecule has 1 rings (SSSR count). The van der Waals surface area contributed by atoms with Crippen molar-refractivity contribution in [3.8, 4) is 5.75 Å². The van der Waals surface area contributed by atoms with Gasteiger partial charge in [0.15, 0.2) is 0 Å². The van der Waals surface area contributed by atoms with Crippen molar-refractivity contribution < 1.29 is 4.74 Å². The first-order valence-corrected chi connectivity index (χ1v) is 6.35. The molecular weight excluding hydrogens is 299 g/mol. The highest BCUT2D eigenvalue weighted by molar-refractivity contribution is 14.1. The maximum absolute atomic E-state index is 5.71. The molecule has 0 bridgehead atoms. The van der Waals surface area contributed by atoms with Crippen LogP contribution in [0.3, 0.4) is 0 Å². The Morgan fingerprint density at radius 2 is 1.80 bits per heavy atom. The van der Waals surface area contributed by atoms with E-state index in [1.54, 1.807) is 0 Å². The fraction of sp³-hybridized carbons (Fsp3) is 0.538. The van der Waals surface area contributed by atoms with E-state index in [2.05, 4.69) is 61.6 Å². The van der Waals surface area contributed by atoms with Crippen molar-refractivity contribution in [3.05, 3.63) is 27.3 Å². The van der Waals surface area contributed by atoms with Gasteiger partial charge in [-0.25, -0.2) is 0 Å². The summed E-state index contributed by atoms with van der Waals surface area (Å²) in [5.74, 6) is 0.985. The van der Waals surface area contributed by atoms with Gasteiger partial charge in [-0.2, -0.15) is 0 Å². The zero-order valence-corrected chi connectivity index (χ0v) is 12.3. The first kappa shape index (κ1) is 12.8. The Balaban J connectivity index is 2.98. The molecule has 2 heteroatoms. The summed E-state index contributed by atoms with van der Waals surface area (Å²) in [6, 6.07) is 6.43. The molecular formula is C13H19IO. The van der Waals surface area contributed by atoms with Gasteiger partial charge in [0, 0.05) is 0 Å². The van der Waals surface area contributed by atoms with E-state index in [1.165, 1.54) is 9.13 Å². The third-order valence-corrected chi connectivity index (χ3v) is 3.00. The Labute approximate surface area is 106 Å². The van der Waals surface area contributed by atoms with E-state index in [0.29, 0.717) is 0 Å². The van der Waals surface area contributed by atoms with Gasteiger partial charge in [-0.05, 0) is 59.5 Å². The van der Waals surface area contributed by atoms with Crippen LogP contribution in [0.2, 0.25) is 0 Å². The van der Waals surface area contributed by atoms with E-state index in [4.69, 9.17) is 4.74 Å². The molecule has 0 saturated heterocycles. The molecule has 1 aromatic carbocycles. The zero-order chi connectivity index (χ0) is 11.6. The molecule has 0 heterocycles. The molecule has 0 unspecified atom stereocenters. The predicted molar refractivity (Wildman–Crippen MR) is 73.6 cm³/mol. The van der Waals surface area contributed by atoms with Gasteiger partial charge in [0.25, 0.3) is 0 Å². The lowest BCUT2D eigenvalue weighted by molar-refractivity contribution is 0.240. The van der Waals surface area contributed by atoms with E-state index in [9.17, 15) is 0 Å². The fourth-order valence-electron chi connectivity index (χ4n) is 1.32. The van der Waals surface area contributed by atoms with E-state index >= 15 is 0 Å². The molecule has 0 atom stereocenters. The third-order valence-electron chi connectivity index (χ3n) is 2.16. The van der Waals surface area contributed by atoms with Crippen LogP contribution in [-0.2, 0) is 5.41 Å². The zero-order valence-electron chi connectivity index (χ0n) is 10.1. The summed E-state index contributed by atoms with van der Waals surface area (Å²) in [4.78, 5) is 0. The lowest BCUT2D eigenvalue weighted by Gasteiger charge is -2.20. The first-order chi connectivity index (χ1) is 6.80. The van der Waals surface area contributed by atoms with Crippen LogP contribution in [0, 0.1) is 3.57 Å². The molecule has 1 aromatic rings. The normalized spacial score (nSPS) is 11.9.